The van der Waals surface area contributed by atoms with Gasteiger partial charge in [0, 0.05) is 0 Å². The molecule has 4 radical (unpaired) electrons. The number of rotatable bonds is 6. The molecule has 0 heterocycles. The Kier molecular flexibility index (Phi) is 38.1. The number of hydrogen-bond donors (Lipinski definition) is 0. The second-order valence-electron chi connectivity index (χ2n) is 4.17. The van der Waals surface area contributed by atoms with E-state index in [1.165, 1.54) is 0 Å². The quantitative estimate of drug-likeness (QED) is 0.176. The van der Waals surface area contributed by atoms with Crippen LogP contribution in [0.5, 0.6) is 0 Å². The Morgan fingerprint density at radius 1 is 0.324 bits per heavy atom. The minimum absolute atomic E-state index is 0. The molecule has 0 aromatic carbocycles. The molecule has 0 saturated carbocycles. The van der Waals surface area contributed by atoms with E-state index in [4.69, 9.17) is 0 Å². The summed E-state index contributed by atoms with van der Waals surface area (Å²) < 4.78 is 58.5. The predicted molar refractivity (Wildman–Crippen MR) is 74.6 cm³/mol. The van der Waals surface area contributed by atoms with E-state index in [-0.39, 0.29) is 167 Å². The zero-order chi connectivity index (χ0) is 25.7. The summed E-state index contributed by atoms with van der Waals surface area (Å²) in [4.78, 5) is 108. The van der Waals surface area contributed by atoms with Crippen molar-refractivity contribution in [3.05, 3.63) is 0 Å². The van der Waals surface area contributed by atoms with Gasteiger partial charge >= 0.3 is 167 Å². The van der Waals surface area contributed by atoms with E-state index in [2.05, 4.69) is 34.8 Å². The Hall–Kier alpha value is 7.28. The minimum Gasteiger partial charge on any atom is -0.809 e. The monoisotopic (exact) mass is 1180 g/mol. The zero-order valence-electron chi connectivity index (χ0n) is 14.9. The molecular formula is C3H3Ce4Cl3O18P6. The maximum atomic E-state index is 9.75. The van der Waals surface area contributed by atoms with Crippen molar-refractivity contribution in [3.8, 4) is 0 Å². The first kappa shape index (κ1) is 57.0. The topological polar surface area (TPSA) is 379 Å². The van der Waals surface area contributed by atoms with E-state index in [1.807, 2.05) is 0 Å². The third kappa shape index (κ3) is 30.7. The van der Waals surface area contributed by atoms with Crippen LogP contribution in [0.15, 0.2) is 0 Å². The molecule has 0 aliphatic heterocycles. The summed E-state index contributed by atoms with van der Waals surface area (Å²) in [6.45, 7) is 0. The van der Waals surface area contributed by atoms with Gasteiger partial charge in [-0.3, -0.25) is 0 Å². The van der Waals surface area contributed by atoms with E-state index in [9.17, 15) is 86.1 Å². The molecule has 0 unspecified atom stereocenters. The maximum absolute atomic E-state index is 9.75. The van der Waals surface area contributed by atoms with Gasteiger partial charge in [0.15, 0.2) is 0 Å². The Bertz CT molecular complexity index is 661. The molecule has 0 aliphatic rings. The zero-order valence-corrected chi connectivity index (χ0v) is 35.1. The average molecular weight is 1180 g/mol. The first-order chi connectivity index (χ1) is 12.5. The molecule has 0 saturated heterocycles. The molecule has 0 bridgehead atoms. The molecule has 190 valence electrons. The fourth-order valence-electron chi connectivity index (χ4n) is 0.520. The van der Waals surface area contributed by atoms with Crippen molar-refractivity contribution in [1.29, 1.82) is 0 Å². The van der Waals surface area contributed by atoms with E-state index < -0.39 is 60.2 Å². The fraction of sp³-hybridized carbons (Fsp3) is 1.00. The second-order valence-corrected chi connectivity index (χ2v) is 18.1. The van der Waals surface area contributed by atoms with Crippen molar-refractivity contribution >= 4 is 80.4 Å². The summed E-state index contributed by atoms with van der Waals surface area (Å²) in [5.41, 5.74) is 0. The molecule has 0 fully saturated rings. The number of halogens is 3. The summed E-state index contributed by atoms with van der Waals surface area (Å²) in [6.07, 6.45) is 0. The van der Waals surface area contributed by atoms with Crippen LogP contribution in [0, 0.1) is 167 Å². The second kappa shape index (κ2) is 22.7. The molecule has 0 atom stereocenters. The van der Waals surface area contributed by atoms with Gasteiger partial charge < -0.3 is 86.1 Å². The van der Waals surface area contributed by atoms with Gasteiger partial charge in [0.1, 0.15) is 0 Å². The van der Waals surface area contributed by atoms with Crippen LogP contribution in [0.1, 0.15) is 0 Å². The maximum Gasteiger partial charge on any atom is 3.00 e. The normalized spacial score (nSPS) is 12.5. The fourth-order valence-corrected chi connectivity index (χ4v) is 4.68. The van der Waals surface area contributed by atoms with Crippen LogP contribution in [0.3, 0.4) is 0 Å². The summed E-state index contributed by atoms with van der Waals surface area (Å²) in [7, 11) is -33.0. The van der Waals surface area contributed by atoms with Crippen LogP contribution < -0.4 is 58.7 Å². The van der Waals surface area contributed by atoms with Gasteiger partial charge in [-0.25, -0.2) is 0 Å². The van der Waals surface area contributed by atoms with Gasteiger partial charge in [0.2, 0.25) is 0 Å². The Labute approximate surface area is 340 Å². The van der Waals surface area contributed by atoms with Gasteiger partial charge in [-0.05, 0) is 45.6 Å². The third-order valence-electron chi connectivity index (χ3n) is 1.57. The van der Waals surface area contributed by atoms with Gasteiger partial charge in [0.05, 0.1) is 14.6 Å². The van der Waals surface area contributed by atoms with Gasteiger partial charge in [-0.15, -0.1) is 34.8 Å². The van der Waals surface area contributed by atoms with Crippen LogP contribution in [-0.4, -0.2) is 14.6 Å². The smallest absolute Gasteiger partial charge is 0.809 e. The van der Waals surface area contributed by atoms with Crippen molar-refractivity contribution in [2.24, 2.45) is 0 Å². The molecular weight excluding hydrogens is 1180 g/mol. The largest absolute Gasteiger partial charge is 3.00 e. The Morgan fingerprint density at radius 2 is 0.382 bits per heavy atom. The van der Waals surface area contributed by atoms with Crippen molar-refractivity contribution in [1.82, 2.24) is 0 Å². The first-order valence-electron chi connectivity index (χ1n) is 5.49. The summed E-state index contributed by atoms with van der Waals surface area (Å²) in [5.74, 6) is 0. The van der Waals surface area contributed by atoms with Crippen molar-refractivity contribution < 1.29 is 253 Å². The molecule has 0 rings (SSSR count). The van der Waals surface area contributed by atoms with E-state index in [0.29, 0.717) is 0 Å². The van der Waals surface area contributed by atoms with Gasteiger partial charge in [-0.1, -0.05) is 0 Å². The van der Waals surface area contributed by atoms with Crippen LogP contribution >= 0.6 is 80.4 Å². The molecule has 0 spiro atoms. The van der Waals surface area contributed by atoms with Gasteiger partial charge in [0.25, 0.3) is 0 Å². The molecule has 0 aromatic rings. The standard InChI is InChI=1S/3CH5ClO6P2.4Ce/c3*2-1(9(3,4)5)10(6,7)8;;;;/h3*1H,(H2,3,4,5)(H2,6,7,8);;;;/q;;;4*+3/p-12. The Balaban J connectivity index is -0.0000000607. The predicted octanol–water partition coefficient (Wildman–Crippen LogP) is -7.99. The molecule has 0 amide bonds. The minimum atomic E-state index is -5.50. The van der Waals surface area contributed by atoms with Crippen molar-refractivity contribution in [2.45, 2.75) is 14.6 Å². The molecule has 31 heteroatoms. The van der Waals surface area contributed by atoms with Crippen molar-refractivity contribution in [3.63, 3.8) is 0 Å². The molecule has 18 nitrogen and oxygen atoms in total. The molecule has 0 aliphatic carbocycles. The van der Waals surface area contributed by atoms with Crippen LogP contribution in [0.2, 0.25) is 0 Å². The van der Waals surface area contributed by atoms with Crippen molar-refractivity contribution in [2.75, 3.05) is 0 Å². The molecule has 0 N–H and O–H groups in total. The molecule has 0 aromatic heterocycles. The van der Waals surface area contributed by atoms with E-state index in [1.54, 1.807) is 0 Å². The average Bonchev–Trinajstić information content (AvgIpc) is 2.40. The molecule has 34 heavy (non-hydrogen) atoms. The summed E-state index contributed by atoms with van der Waals surface area (Å²) in [5, 5.41) is 0. The third-order valence-corrected chi connectivity index (χ3v) is 14.1. The Morgan fingerprint density at radius 3 is 0.382 bits per heavy atom. The number of alkyl halides is 3. The van der Waals surface area contributed by atoms with E-state index >= 15 is 0 Å². The number of hydrogen-bond acceptors (Lipinski definition) is 18. The van der Waals surface area contributed by atoms with Crippen LogP contribution in [0.4, 0.5) is 0 Å². The summed E-state index contributed by atoms with van der Waals surface area (Å²) >= 11 is 13.4. The first-order valence-corrected chi connectivity index (χ1v) is 16.5. The SMILES string of the molecule is O=P([O-])([O-])C(Cl)P(=O)([O-])[O-].O=P([O-])([O-])C(Cl)P(=O)([O-])[O-].O=P([O-])([O-])C(Cl)P(=O)([O-])[O-].[Ce+3].[Ce+3].[Ce+3].[Ce+3]. The van der Waals surface area contributed by atoms with Crippen LogP contribution in [0.25, 0.3) is 0 Å². The summed E-state index contributed by atoms with van der Waals surface area (Å²) in [6, 6.07) is 0. The van der Waals surface area contributed by atoms with Gasteiger partial charge in [-0.2, -0.15) is 0 Å². The van der Waals surface area contributed by atoms with Crippen LogP contribution in [-0.2, 0) is 27.4 Å². The van der Waals surface area contributed by atoms with E-state index in [0.717, 1.165) is 0 Å².